The summed E-state index contributed by atoms with van der Waals surface area (Å²) >= 11 is 3.06. The lowest BCUT2D eigenvalue weighted by Crippen LogP contribution is -2.13. The third-order valence-electron chi connectivity index (χ3n) is 4.80. The Labute approximate surface area is 192 Å². The molecule has 0 aliphatic carbocycles. The van der Waals surface area contributed by atoms with E-state index in [0.717, 1.165) is 20.2 Å². The molecule has 0 fully saturated rings. The van der Waals surface area contributed by atoms with Gasteiger partial charge in [-0.3, -0.25) is 9.48 Å². The predicted octanol–water partition coefficient (Wildman–Crippen LogP) is 5.08. The molecule has 0 saturated heterocycles. The Bertz CT molecular complexity index is 1410. The van der Waals surface area contributed by atoms with Gasteiger partial charge in [0.15, 0.2) is 0 Å². The third-order valence-corrected chi connectivity index (χ3v) is 6.97. The van der Waals surface area contributed by atoms with E-state index in [0.29, 0.717) is 21.5 Å². The summed E-state index contributed by atoms with van der Waals surface area (Å²) in [7, 11) is 1.83. The summed E-state index contributed by atoms with van der Waals surface area (Å²) in [6, 6.07) is 17.9. The number of nitrogen functional groups attached to an aromatic ring is 1. The van der Waals surface area contributed by atoms with Gasteiger partial charge in [0.1, 0.15) is 17.0 Å². The standard InChI is InChI=1S/C23H18N6OS2/c1-29-12-14(11-27-29)20-18(19-21(24)25-13-26-23(19)32-20)22(30)28-15-7-9-17(10-8-15)31-16-5-3-2-4-6-16/h2-13H,1H3,(H,28,30)(H2,24,25,26). The highest BCUT2D eigenvalue weighted by molar-refractivity contribution is 7.99. The zero-order valence-corrected chi connectivity index (χ0v) is 18.7. The summed E-state index contributed by atoms with van der Waals surface area (Å²) in [6.07, 6.45) is 4.99. The molecule has 3 N–H and O–H groups in total. The average molecular weight is 459 g/mol. The van der Waals surface area contributed by atoms with Gasteiger partial charge in [-0.15, -0.1) is 11.3 Å². The molecule has 5 rings (SSSR count). The quantitative estimate of drug-likeness (QED) is 0.381. The Morgan fingerprint density at radius 3 is 2.53 bits per heavy atom. The Kier molecular flexibility index (Phi) is 5.34. The second-order valence-electron chi connectivity index (χ2n) is 7.04. The van der Waals surface area contributed by atoms with Gasteiger partial charge in [0.05, 0.1) is 22.0 Å². The number of nitrogens with zero attached hydrogens (tertiary/aromatic N) is 4. The fraction of sp³-hybridized carbons (Fsp3) is 0.0435. The van der Waals surface area contributed by atoms with Gasteiger partial charge >= 0.3 is 0 Å². The Morgan fingerprint density at radius 2 is 1.81 bits per heavy atom. The molecule has 0 aliphatic rings. The second-order valence-corrected chi connectivity index (χ2v) is 9.19. The molecule has 0 unspecified atom stereocenters. The highest BCUT2D eigenvalue weighted by Crippen LogP contribution is 2.39. The number of thiophene rings is 1. The number of carbonyl (C=O) groups excluding carboxylic acids is 1. The molecule has 3 aromatic heterocycles. The first-order valence-electron chi connectivity index (χ1n) is 9.75. The SMILES string of the molecule is Cn1cc(-c2sc3ncnc(N)c3c2C(=O)Nc2ccc(Sc3ccccc3)cc2)cn1. The van der Waals surface area contributed by atoms with E-state index in [2.05, 4.69) is 32.5 Å². The van der Waals surface area contributed by atoms with Crippen LogP contribution in [-0.2, 0) is 7.05 Å². The predicted molar refractivity (Wildman–Crippen MR) is 129 cm³/mol. The maximum atomic E-state index is 13.4. The van der Waals surface area contributed by atoms with Crippen molar-refractivity contribution in [3.8, 4) is 10.4 Å². The number of anilines is 2. The van der Waals surface area contributed by atoms with Gasteiger partial charge in [-0.25, -0.2) is 9.97 Å². The Hall–Kier alpha value is -3.69. The van der Waals surface area contributed by atoms with Crippen molar-refractivity contribution in [3.63, 3.8) is 0 Å². The first-order valence-corrected chi connectivity index (χ1v) is 11.4. The lowest BCUT2D eigenvalue weighted by molar-refractivity contribution is 0.102. The summed E-state index contributed by atoms with van der Waals surface area (Å²) in [5.74, 6) is 0.0150. The van der Waals surface area contributed by atoms with E-state index < -0.39 is 0 Å². The first kappa shape index (κ1) is 20.2. The number of aryl methyl sites for hydroxylation is 1. The van der Waals surface area contributed by atoms with Crippen molar-refractivity contribution in [2.75, 3.05) is 11.1 Å². The molecule has 0 aliphatic heterocycles. The first-order chi connectivity index (χ1) is 15.6. The van der Waals surface area contributed by atoms with Gasteiger partial charge < -0.3 is 11.1 Å². The molecule has 5 aromatic rings. The molecule has 2 aromatic carbocycles. The number of benzene rings is 2. The van der Waals surface area contributed by atoms with E-state index in [-0.39, 0.29) is 11.7 Å². The maximum absolute atomic E-state index is 13.4. The van der Waals surface area contributed by atoms with Crippen molar-refractivity contribution >= 4 is 50.7 Å². The molecule has 0 spiro atoms. The monoisotopic (exact) mass is 458 g/mol. The van der Waals surface area contributed by atoms with Crippen LogP contribution in [0.4, 0.5) is 11.5 Å². The van der Waals surface area contributed by atoms with Gasteiger partial charge in [-0.2, -0.15) is 5.10 Å². The zero-order chi connectivity index (χ0) is 22.1. The van der Waals surface area contributed by atoms with E-state index in [1.165, 1.54) is 17.7 Å². The fourth-order valence-electron chi connectivity index (χ4n) is 3.34. The summed E-state index contributed by atoms with van der Waals surface area (Å²) in [5.41, 5.74) is 8.11. The molecule has 3 heterocycles. The number of aromatic nitrogens is 4. The van der Waals surface area contributed by atoms with E-state index in [9.17, 15) is 4.79 Å². The molecule has 158 valence electrons. The molecular formula is C23H18N6OS2. The van der Waals surface area contributed by atoms with Gasteiger partial charge in [0.2, 0.25) is 0 Å². The molecule has 1 amide bonds. The van der Waals surface area contributed by atoms with Crippen molar-refractivity contribution in [1.29, 1.82) is 0 Å². The fourth-order valence-corrected chi connectivity index (χ4v) is 5.30. The molecule has 0 atom stereocenters. The minimum absolute atomic E-state index is 0.264. The normalized spacial score (nSPS) is 11.0. The highest BCUT2D eigenvalue weighted by atomic mass is 32.2. The summed E-state index contributed by atoms with van der Waals surface area (Å²) < 4.78 is 1.69. The number of fused-ring (bicyclic) bond motifs is 1. The van der Waals surface area contributed by atoms with Crippen molar-refractivity contribution in [1.82, 2.24) is 19.7 Å². The molecular weight excluding hydrogens is 440 g/mol. The van der Waals surface area contributed by atoms with Crippen LogP contribution in [0.2, 0.25) is 0 Å². The number of hydrogen-bond donors (Lipinski definition) is 2. The van der Waals surface area contributed by atoms with Crippen molar-refractivity contribution in [2.24, 2.45) is 7.05 Å². The zero-order valence-electron chi connectivity index (χ0n) is 17.0. The van der Waals surface area contributed by atoms with Crippen LogP contribution in [0, 0.1) is 0 Å². The lowest BCUT2D eigenvalue weighted by Gasteiger charge is -2.08. The molecule has 0 saturated carbocycles. The molecule has 0 radical (unpaired) electrons. The average Bonchev–Trinajstić information content (AvgIpc) is 3.40. The van der Waals surface area contributed by atoms with E-state index in [1.54, 1.807) is 22.6 Å². The molecule has 7 nitrogen and oxygen atoms in total. The van der Waals surface area contributed by atoms with Crippen LogP contribution in [-0.4, -0.2) is 25.7 Å². The Balaban J connectivity index is 1.46. The van der Waals surface area contributed by atoms with Crippen LogP contribution in [0.15, 0.2) is 83.1 Å². The molecule has 32 heavy (non-hydrogen) atoms. The third kappa shape index (κ3) is 3.95. The second kappa shape index (κ2) is 8.45. The number of amides is 1. The summed E-state index contributed by atoms with van der Waals surface area (Å²) in [6.45, 7) is 0. The largest absolute Gasteiger partial charge is 0.383 e. The van der Waals surface area contributed by atoms with E-state index in [1.807, 2.05) is 55.7 Å². The van der Waals surface area contributed by atoms with Crippen LogP contribution < -0.4 is 11.1 Å². The number of rotatable bonds is 5. The van der Waals surface area contributed by atoms with E-state index >= 15 is 0 Å². The van der Waals surface area contributed by atoms with Gasteiger partial charge in [-0.05, 0) is 36.4 Å². The lowest BCUT2D eigenvalue weighted by atomic mass is 10.1. The Morgan fingerprint density at radius 1 is 1.06 bits per heavy atom. The number of nitrogens with two attached hydrogens (primary N) is 1. The topological polar surface area (TPSA) is 98.7 Å². The maximum Gasteiger partial charge on any atom is 0.257 e. The van der Waals surface area contributed by atoms with Gasteiger partial charge in [0.25, 0.3) is 5.91 Å². The van der Waals surface area contributed by atoms with Gasteiger partial charge in [-0.1, -0.05) is 30.0 Å². The molecule has 9 heteroatoms. The smallest absolute Gasteiger partial charge is 0.257 e. The van der Waals surface area contributed by atoms with Crippen LogP contribution in [0.1, 0.15) is 10.4 Å². The van der Waals surface area contributed by atoms with Gasteiger partial charge in [0, 0.05) is 34.3 Å². The number of carbonyl (C=O) groups is 1. The van der Waals surface area contributed by atoms with Crippen molar-refractivity contribution in [3.05, 3.63) is 78.9 Å². The minimum atomic E-state index is -0.264. The highest BCUT2D eigenvalue weighted by Gasteiger charge is 2.24. The van der Waals surface area contributed by atoms with Crippen LogP contribution in [0.25, 0.3) is 20.7 Å². The van der Waals surface area contributed by atoms with Crippen LogP contribution in [0.3, 0.4) is 0 Å². The van der Waals surface area contributed by atoms with Crippen molar-refractivity contribution < 1.29 is 4.79 Å². The minimum Gasteiger partial charge on any atom is -0.383 e. The number of hydrogen-bond acceptors (Lipinski definition) is 7. The van der Waals surface area contributed by atoms with Crippen LogP contribution in [0.5, 0.6) is 0 Å². The summed E-state index contributed by atoms with van der Waals surface area (Å²) in [4.78, 5) is 25.4. The van der Waals surface area contributed by atoms with Crippen molar-refractivity contribution in [2.45, 2.75) is 9.79 Å². The summed E-state index contributed by atoms with van der Waals surface area (Å²) in [5, 5.41) is 7.79. The van der Waals surface area contributed by atoms with Crippen LogP contribution >= 0.6 is 23.1 Å². The molecule has 0 bridgehead atoms. The number of nitrogens with one attached hydrogen (secondary N) is 1. The van der Waals surface area contributed by atoms with E-state index in [4.69, 9.17) is 5.73 Å².